The second kappa shape index (κ2) is 5.99. The second-order valence-electron chi connectivity index (χ2n) is 5.20. The summed E-state index contributed by atoms with van der Waals surface area (Å²) < 4.78 is 40.5. The van der Waals surface area contributed by atoms with Crippen LogP contribution in [0.1, 0.15) is 15.9 Å². The number of imide groups is 1. The van der Waals surface area contributed by atoms with Crippen LogP contribution in [-0.4, -0.2) is 41.1 Å². The molecular weight excluding hydrogens is 327 g/mol. The van der Waals surface area contributed by atoms with E-state index in [1.54, 1.807) is 12.2 Å². The number of aryl methyl sites for hydroxylation is 1. The monoisotopic (exact) mass is 341 g/mol. The molecule has 1 heterocycles. The van der Waals surface area contributed by atoms with Gasteiger partial charge in [0.15, 0.2) is 0 Å². The molecule has 0 saturated carbocycles. The van der Waals surface area contributed by atoms with Crippen molar-refractivity contribution in [3.8, 4) is 0 Å². The van der Waals surface area contributed by atoms with Crippen molar-refractivity contribution >= 4 is 17.8 Å². The molecule has 1 fully saturated rings. The van der Waals surface area contributed by atoms with Gasteiger partial charge in [-0.05, 0) is 19.1 Å². The maximum Gasteiger partial charge on any atom is 0.440 e. The lowest BCUT2D eigenvalue weighted by atomic mass is 10.1. The number of hydrogen-bond acceptors (Lipinski definition) is 3. The number of rotatable bonds is 4. The normalized spacial score (nSPS) is 20.8. The Hall–Kier alpha value is -2.84. The van der Waals surface area contributed by atoms with E-state index < -0.39 is 36.2 Å². The van der Waals surface area contributed by atoms with Gasteiger partial charge in [-0.15, -0.1) is 6.58 Å². The third-order valence-electron chi connectivity index (χ3n) is 3.46. The van der Waals surface area contributed by atoms with E-state index in [9.17, 15) is 27.6 Å². The molecule has 128 valence electrons. The predicted molar refractivity (Wildman–Crippen MR) is 77.9 cm³/mol. The fourth-order valence-corrected chi connectivity index (χ4v) is 2.17. The highest BCUT2D eigenvalue weighted by Crippen LogP contribution is 2.34. The van der Waals surface area contributed by atoms with Crippen LogP contribution < -0.4 is 10.6 Å². The van der Waals surface area contributed by atoms with Crippen molar-refractivity contribution in [2.45, 2.75) is 18.8 Å². The Bertz CT molecular complexity index is 700. The number of amides is 4. The zero-order valence-corrected chi connectivity index (χ0v) is 12.6. The summed E-state index contributed by atoms with van der Waals surface area (Å²) in [6.45, 7) is 4.61. The summed E-state index contributed by atoms with van der Waals surface area (Å²) in [6.07, 6.45) is -4.12. The van der Waals surface area contributed by atoms with Crippen molar-refractivity contribution in [1.29, 1.82) is 0 Å². The first kappa shape index (κ1) is 17.5. The van der Waals surface area contributed by atoms with E-state index in [0.29, 0.717) is 4.90 Å². The lowest BCUT2D eigenvalue weighted by Crippen LogP contribution is -2.69. The van der Waals surface area contributed by atoms with Crippen LogP contribution in [0, 0.1) is 6.92 Å². The van der Waals surface area contributed by atoms with Gasteiger partial charge in [-0.25, -0.2) is 4.79 Å². The van der Waals surface area contributed by atoms with E-state index in [-0.39, 0.29) is 5.56 Å². The Morgan fingerprint density at radius 1 is 1.33 bits per heavy atom. The third-order valence-corrected chi connectivity index (χ3v) is 3.46. The molecule has 1 aromatic rings. The van der Waals surface area contributed by atoms with E-state index in [2.05, 4.69) is 6.58 Å². The van der Waals surface area contributed by atoms with Crippen molar-refractivity contribution in [2.75, 3.05) is 6.54 Å². The van der Waals surface area contributed by atoms with Crippen LogP contribution in [-0.2, 0) is 4.79 Å². The number of urea groups is 1. The average Bonchev–Trinajstić information content (AvgIpc) is 2.73. The summed E-state index contributed by atoms with van der Waals surface area (Å²) in [4.78, 5) is 36.3. The number of carbonyl (C=O) groups excluding carboxylic acids is 3. The largest absolute Gasteiger partial charge is 0.440 e. The Morgan fingerprint density at radius 2 is 1.92 bits per heavy atom. The van der Waals surface area contributed by atoms with Crippen LogP contribution in [0.3, 0.4) is 0 Å². The van der Waals surface area contributed by atoms with Gasteiger partial charge in [0.1, 0.15) is 0 Å². The maximum atomic E-state index is 13.5. The van der Waals surface area contributed by atoms with Crippen LogP contribution in [0.4, 0.5) is 18.0 Å². The molecule has 0 radical (unpaired) electrons. The molecule has 6 nitrogen and oxygen atoms in total. The van der Waals surface area contributed by atoms with Crippen molar-refractivity contribution in [3.63, 3.8) is 0 Å². The van der Waals surface area contributed by atoms with Gasteiger partial charge in [-0.2, -0.15) is 13.2 Å². The van der Waals surface area contributed by atoms with Crippen LogP contribution in [0.5, 0.6) is 0 Å². The number of nitrogens with one attached hydrogen (secondary N) is 2. The van der Waals surface area contributed by atoms with Gasteiger partial charge in [0.25, 0.3) is 17.5 Å². The predicted octanol–water partition coefficient (Wildman–Crippen LogP) is 1.72. The first-order chi connectivity index (χ1) is 11.1. The summed E-state index contributed by atoms with van der Waals surface area (Å²) >= 11 is 0. The summed E-state index contributed by atoms with van der Waals surface area (Å²) in [6, 6.07) is 4.44. The highest BCUT2D eigenvalue weighted by molar-refractivity contribution is 6.10. The van der Waals surface area contributed by atoms with Gasteiger partial charge in [0, 0.05) is 12.1 Å². The molecule has 0 aromatic heterocycles. The molecule has 0 unspecified atom stereocenters. The topological polar surface area (TPSA) is 78.5 Å². The van der Waals surface area contributed by atoms with Crippen LogP contribution in [0.2, 0.25) is 0 Å². The van der Waals surface area contributed by atoms with Gasteiger partial charge in [0.05, 0.1) is 0 Å². The Balaban J connectivity index is 2.38. The molecule has 1 aliphatic heterocycles. The molecule has 4 amide bonds. The molecular formula is C15H14F3N3O3. The van der Waals surface area contributed by atoms with Crippen molar-refractivity contribution in [3.05, 3.63) is 48.0 Å². The second-order valence-corrected chi connectivity index (χ2v) is 5.20. The van der Waals surface area contributed by atoms with Gasteiger partial charge in [-0.3, -0.25) is 19.8 Å². The fourth-order valence-electron chi connectivity index (χ4n) is 2.17. The van der Waals surface area contributed by atoms with E-state index in [0.717, 1.165) is 11.6 Å². The quantitative estimate of drug-likeness (QED) is 0.647. The van der Waals surface area contributed by atoms with Gasteiger partial charge in [-0.1, -0.05) is 23.8 Å². The highest BCUT2D eigenvalue weighted by Gasteiger charge is 2.68. The lowest BCUT2D eigenvalue weighted by Gasteiger charge is -2.29. The number of halogens is 3. The Kier molecular flexibility index (Phi) is 4.37. The molecule has 9 heteroatoms. The number of benzene rings is 1. The number of hydrogen-bond donors (Lipinski definition) is 2. The summed E-state index contributed by atoms with van der Waals surface area (Å²) in [5, 5.41) is 3.15. The maximum absolute atomic E-state index is 13.5. The zero-order chi connectivity index (χ0) is 18.1. The van der Waals surface area contributed by atoms with Crippen molar-refractivity contribution in [1.82, 2.24) is 15.5 Å². The molecule has 1 aromatic carbocycles. The Morgan fingerprint density at radius 3 is 2.42 bits per heavy atom. The Labute approximate surface area is 135 Å². The SMILES string of the molecule is C=CCN1C(=O)N[C@](NC(=O)c2ccc(C)cc2)(C(F)(F)F)C1=O. The van der Waals surface area contributed by atoms with Gasteiger partial charge < -0.3 is 5.32 Å². The van der Waals surface area contributed by atoms with Gasteiger partial charge >= 0.3 is 12.2 Å². The molecule has 0 aliphatic carbocycles. The van der Waals surface area contributed by atoms with E-state index in [1.807, 2.05) is 0 Å². The molecule has 2 N–H and O–H groups in total. The van der Waals surface area contributed by atoms with Crippen molar-refractivity contribution < 1.29 is 27.6 Å². The molecule has 1 saturated heterocycles. The zero-order valence-electron chi connectivity index (χ0n) is 12.6. The summed E-state index contributed by atoms with van der Waals surface area (Å²) in [5.74, 6) is -2.75. The molecule has 0 spiro atoms. The lowest BCUT2D eigenvalue weighted by molar-refractivity contribution is -0.200. The van der Waals surface area contributed by atoms with Crippen LogP contribution in [0.15, 0.2) is 36.9 Å². The first-order valence-corrected chi connectivity index (χ1v) is 6.83. The number of alkyl halides is 3. The minimum Gasteiger partial charge on any atom is -0.314 e. The average molecular weight is 341 g/mol. The molecule has 0 bridgehead atoms. The van der Waals surface area contributed by atoms with E-state index >= 15 is 0 Å². The molecule has 1 aliphatic rings. The third kappa shape index (κ3) is 2.84. The molecule has 1 atom stereocenters. The number of nitrogens with zero attached hydrogens (tertiary/aromatic N) is 1. The summed E-state index contributed by atoms with van der Waals surface area (Å²) in [7, 11) is 0. The smallest absolute Gasteiger partial charge is 0.314 e. The minimum atomic E-state index is -5.23. The molecule has 2 rings (SSSR count). The van der Waals surface area contributed by atoms with Crippen LogP contribution in [0.25, 0.3) is 0 Å². The minimum absolute atomic E-state index is 0.0755. The van der Waals surface area contributed by atoms with E-state index in [1.165, 1.54) is 29.6 Å². The first-order valence-electron chi connectivity index (χ1n) is 6.83. The van der Waals surface area contributed by atoms with Crippen LogP contribution >= 0.6 is 0 Å². The standard InChI is InChI=1S/C15H14F3N3O3/c1-3-8-21-12(23)14(15(16,17)18,20-13(21)24)19-11(22)10-6-4-9(2)5-7-10/h3-7H,1,8H2,2H3,(H,19,22)(H,20,24)/t14-/m0/s1. The van der Waals surface area contributed by atoms with Crippen molar-refractivity contribution in [2.24, 2.45) is 0 Å². The van der Waals surface area contributed by atoms with E-state index in [4.69, 9.17) is 0 Å². The number of carbonyl (C=O) groups is 3. The summed E-state index contributed by atoms with van der Waals surface area (Å²) in [5.41, 5.74) is -2.78. The molecule has 24 heavy (non-hydrogen) atoms. The fraction of sp³-hybridized carbons (Fsp3) is 0.267. The van der Waals surface area contributed by atoms with Gasteiger partial charge in [0.2, 0.25) is 0 Å². The highest BCUT2D eigenvalue weighted by atomic mass is 19.4.